The molecule has 0 bridgehead atoms. The highest BCUT2D eigenvalue weighted by atomic mass is 16.4. The fraction of sp³-hybridized carbons (Fsp3) is 0.0500. The average molecular weight is 329 g/mol. The van der Waals surface area contributed by atoms with Crippen molar-refractivity contribution in [2.45, 2.75) is 6.92 Å². The van der Waals surface area contributed by atoms with E-state index >= 15 is 0 Å². The summed E-state index contributed by atoms with van der Waals surface area (Å²) in [5.41, 5.74) is 3.66. The van der Waals surface area contributed by atoms with Gasteiger partial charge < -0.3 is 10.4 Å². The maximum Gasteiger partial charge on any atom is 0.335 e. The van der Waals surface area contributed by atoms with Gasteiger partial charge in [0.2, 0.25) is 0 Å². The minimum atomic E-state index is -0.974. The molecule has 2 aromatic carbocycles. The molecule has 0 aliphatic carbocycles. The van der Waals surface area contributed by atoms with Crippen molar-refractivity contribution in [3.05, 3.63) is 71.9 Å². The number of anilines is 2. The molecule has 0 saturated heterocycles. The van der Waals surface area contributed by atoms with Crippen molar-refractivity contribution >= 4 is 39.3 Å². The first kappa shape index (κ1) is 15.1. The normalized spacial score (nSPS) is 10.9. The van der Waals surface area contributed by atoms with Gasteiger partial charge in [0, 0.05) is 22.7 Å². The summed E-state index contributed by atoms with van der Waals surface area (Å²) in [5.74, 6) is -0.318. The number of aromatic carboxylic acids is 1. The van der Waals surface area contributed by atoms with Crippen LogP contribution < -0.4 is 5.32 Å². The Labute approximate surface area is 144 Å². The Bertz CT molecular complexity index is 1120. The van der Waals surface area contributed by atoms with Crippen LogP contribution in [0.1, 0.15) is 15.9 Å². The molecule has 2 aromatic heterocycles. The van der Waals surface area contributed by atoms with Crippen LogP contribution >= 0.6 is 0 Å². The van der Waals surface area contributed by atoms with Gasteiger partial charge in [-0.1, -0.05) is 12.1 Å². The Morgan fingerprint density at radius 3 is 2.72 bits per heavy atom. The number of nitrogens with one attached hydrogen (secondary N) is 1. The molecule has 0 aliphatic heterocycles. The van der Waals surface area contributed by atoms with Gasteiger partial charge in [-0.2, -0.15) is 0 Å². The quantitative estimate of drug-likeness (QED) is 0.540. The van der Waals surface area contributed by atoms with Gasteiger partial charge in [-0.05, 0) is 55.0 Å². The number of hydrogen-bond donors (Lipinski definition) is 2. The van der Waals surface area contributed by atoms with Crippen LogP contribution in [0.5, 0.6) is 0 Å². The van der Waals surface area contributed by atoms with Gasteiger partial charge in [0.05, 0.1) is 16.6 Å². The Balaban J connectivity index is 1.96. The number of benzene rings is 2. The van der Waals surface area contributed by atoms with E-state index in [0.29, 0.717) is 11.3 Å². The van der Waals surface area contributed by atoms with Crippen LogP contribution in [0.4, 0.5) is 11.5 Å². The fourth-order valence-corrected chi connectivity index (χ4v) is 2.90. The monoisotopic (exact) mass is 329 g/mol. The Morgan fingerprint density at radius 2 is 1.92 bits per heavy atom. The molecule has 0 amide bonds. The first-order valence-corrected chi connectivity index (χ1v) is 7.87. The second-order valence-corrected chi connectivity index (χ2v) is 5.89. The van der Waals surface area contributed by atoms with Crippen molar-refractivity contribution in [2.75, 3.05) is 5.32 Å². The number of carbonyl (C=O) groups is 1. The molecule has 2 N–H and O–H groups in total. The molecular formula is C20H15N3O2. The van der Waals surface area contributed by atoms with Crippen LogP contribution in [0.3, 0.4) is 0 Å². The van der Waals surface area contributed by atoms with Crippen molar-refractivity contribution in [3.63, 3.8) is 0 Å². The zero-order valence-corrected chi connectivity index (χ0v) is 13.5. The van der Waals surface area contributed by atoms with Crippen molar-refractivity contribution in [3.8, 4) is 0 Å². The molecule has 0 radical (unpaired) electrons. The molecular weight excluding hydrogens is 314 g/mol. The Kier molecular flexibility index (Phi) is 3.54. The summed E-state index contributed by atoms with van der Waals surface area (Å²) < 4.78 is 0. The third kappa shape index (κ3) is 2.76. The van der Waals surface area contributed by atoms with Gasteiger partial charge in [0.25, 0.3) is 0 Å². The number of pyridine rings is 2. The molecule has 4 aromatic rings. The standard InChI is InChI=1S/C20H15N3O2/c1-12-4-2-5-14(10-12)22-19-16-6-3-9-21-18(16)15-8-7-13(20(24)25)11-17(15)23-19/h2-11H,1H3,(H,22,23)(H,24,25). The third-order valence-electron chi connectivity index (χ3n) is 4.08. The van der Waals surface area contributed by atoms with Gasteiger partial charge in [-0.15, -0.1) is 0 Å². The number of aryl methyl sites for hydroxylation is 1. The summed E-state index contributed by atoms with van der Waals surface area (Å²) in [4.78, 5) is 20.4. The lowest BCUT2D eigenvalue weighted by atomic mass is 10.1. The molecule has 2 heterocycles. The highest BCUT2D eigenvalue weighted by molar-refractivity contribution is 6.09. The number of nitrogens with zero attached hydrogens (tertiary/aromatic N) is 2. The second kappa shape index (κ2) is 5.87. The number of aromatic nitrogens is 2. The van der Waals surface area contributed by atoms with Crippen molar-refractivity contribution in [2.24, 2.45) is 0 Å². The summed E-state index contributed by atoms with van der Waals surface area (Å²) in [5, 5.41) is 14.3. The zero-order chi connectivity index (χ0) is 17.4. The summed E-state index contributed by atoms with van der Waals surface area (Å²) >= 11 is 0. The molecule has 122 valence electrons. The molecule has 0 fully saturated rings. The molecule has 0 saturated carbocycles. The molecule has 0 aliphatic rings. The number of rotatable bonds is 3. The van der Waals surface area contributed by atoms with Gasteiger partial charge in [0.1, 0.15) is 5.82 Å². The van der Waals surface area contributed by atoms with E-state index in [2.05, 4.69) is 15.3 Å². The molecule has 0 spiro atoms. The maximum atomic E-state index is 11.3. The highest BCUT2D eigenvalue weighted by Gasteiger charge is 2.12. The van der Waals surface area contributed by atoms with Gasteiger partial charge in [0.15, 0.2) is 0 Å². The lowest BCUT2D eigenvalue weighted by Gasteiger charge is -2.12. The van der Waals surface area contributed by atoms with Gasteiger partial charge in [-0.3, -0.25) is 4.98 Å². The molecule has 0 atom stereocenters. The topological polar surface area (TPSA) is 75.1 Å². The summed E-state index contributed by atoms with van der Waals surface area (Å²) in [6.07, 6.45) is 1.73. The van der Waals surface area contributed by atoms with E-state index in [-0.39, 0.29) is 5.56 Å². The van der Waals surface area contributed by atoms with Gasteiger partial charge >= 0.3 is 5.97 Å². The Morgan fingerprint density at radius 1 is 1.04 bits per heavy atom. The smallest absolute Gasteiger partial charge is 0.335 e. The average Bonchev–Trinajstić information content (AvgIpc) is 2.61. The summed E-state index contributed by atoms with van der Waals surface area (Å²) in [7, 11) is 0. The lowest BCUT2D eigenvalue weighted by molar-refractivity contribution is 0.0697. The van der Waals surface area contributed by atoms with E-state index in [1.54, 1.807) is 24.4 Å². The van der Waals surface area contributed by atoms with E-state index in [1.807, 2.05) is 43.3 Å². The predicted molar refractivity (Wildman–Crippen MR) is 98.5 cm³/mol. The van der Waals surface area contributed by atoms with E-state index in [4.69, 9.17) is 0 Å². The van der Waals surface area contributed by atoms with E-state index in [9.17, 15) is 9.90 Å². The van der Waals surface area contributed by atoms with Crippen molar-refractivity contribution in [1.82, 2.24) is 9.97 Å². The number of fused-ring (bicyclic) bond motifs is 3. The summed E-state index contributed by atoms with van der Waals surface area (Å²) in [6.45, 7) is 2.03. The predicted octanol–water partition coefficient (Wildman–Crippen LogP) is 4.53. The number of carboxylic acid groups (broad SMARTS) is 1. The SMILES string of the molecule is Cc1cccc(Nc2nc3cc(C(=O)O)ccc3c3ncccc23)c1. The first-order valence-electron chi connectivity index (χ1n) is 7.87. The van der Waals surface area contributed by atoms with E-state index < -0.39 is 5.97 Å². The molecule has 25 heavy (non-hydrogen) atoms. The van der Waals surface area contributed by atoms with E-state index in [1.165, 1.54) is 0 Å². The largest absolute Gasteiger partial charge is 0.478 e. The maximum absolute atomic E-state index is 11.3. The lowest BCUT2D eigenvalue weighted by Crippen LogP contribution is -2.00. The molecule has 5 heteroatoms. The fourth-order valence-electron chi connectivity index (χ4n) is 2.90. The minimum Gasteiger partial charge on any atom is -0.478 e. The zero-order valence-electron chi connectivity index (χ0n) is 13.5. The van der Waals surface area contributed by atoms with Crippen LogP contribution in [0.15, 0.2) is 60.8 Å². The van der Waals surface area contributed by atoms with Crippen molar-refractivity contribution < 1.29 is 9.90 Å². The molecule has 5 nitrogen and oxygen atoms in total. The Hall–Kier alpha value is -3.47. The molecule has 4 rings (SSSR count). The van der Waals surface area contributed by atoms with Crippen LogP contribution in [0, 0.1) is 6.92 Å². The van der Waals surface area contributed by atoms with Crippen LogP contribution in [-0.2, 0) is 0 Å². The van der Waals surface area contributed by atoms with E-state index in [0.717, 1.165) is 27.5 Å². The summed E-state index contributed by atoms with van der Waals surface area (Å²) in [6, 6.07) is 16.7. The van der Waals surface area contributed by atoms with Crippen LogP contribution in [0.2, 0.25) is 0 Å². The molecule has 0 unspecified atom stereocenters. The first-order chi connectivity index (χ1) is 12.1. The number of hydrogen-bond acceptors (Lipinski definition) is 4. The van der Waals surface area contributed by atoms with Crippen molar-refractivity contribution in [1.29, 1.82) is 0 Å². The highest BCUT2D eigenvalue weighted by Crippen LogP contribution is 2.30. The van der Waals surface area contributed by atoms with Crippen LogP contribution in [-0.4, -0.2) is 21.0 Å². The second-order valence-electron chi connectivity index (χ2n) is 5.89. The minimum absolute atomic E-state index is 0.205. The van der Waals surface area contributed by atoms with Gasteiger partial charge in [-0.25, -0.2) is 9.78 Å². The number of carboxylic acids is 1. The third-order valence-corrected chi connectivity index (χ3v) is 4.08. The van der Waals surface area contributed by atoms with Crippen LogP contribution in [0.25, 0.3) is 21.8 Å².